The number of aromatic amines is 1. The van der Waals surface area contributed by atoms with Crippen molar-refractivity contribution in [2.75, 3.05) is 13.1 Å². The van der Waals surface area contributed by atoms with Crippen LogP contribution >= 0.6 is 0 Å². The lowest BCUT2D eigenvalue weighted by molar-refractivity contribution is -0.126. The highest BCUT2D eigenvalue weighted by atomic mass is 16.2. The third-order valence-corrected chi connectivity index (χ3v) is 4.79. The Morgan fingerprint density at radius 1 is 1.20 bits per heavy atom. The maximum Gasteiger partial charge on any atom is 0.271 e. The van der Waals surface area contributed by atoms with E-state index in [1.54, 1.807) is 23.4 Å². The van der Waals surface area contributed by atoms with E-state index in [1.165, 1.54) is 0 Å². The van der Waals surface area contributed by atoms with Gasteiger partial charge in [0.2, 0.25) is 5.91 Å². The summed E-state index contributed by atoms with van der Waals surface area (Å²) in [5.41, 5.74) is 2.08. The van der Waals surface area contributed by atoms with E-state index in [0.29, 0.717) is 30.5 Å². The van der Waals surface area contributed by atoms with Gasteiger partial charge in [-0.15, -0.1) is 0 Å². The molecule has 2 amide bonds. The molecule has 0 radical (unpaired) electrons. The van der Waals surface area contributed by atoms with Crippen LogP contribution in [0.4, 0.5) is 0 Å². The summed E-state index contributed by atoms with van der Waals surface area (Å²) in [6.07, 6.45) is 7.23. The largest absolute Gasteiger partial charge is 0.353 e. The normalized spacial score (nSPS) is 20.3. The number of piperidine rings is 1. The van der Waals surface area contributed by atoms with Crippen LogP contribution in [0.1, 0.15) is 36.2 Å². The van der Waals surface area contributed by atoms with Crippen LogP contribution in [0.5, 0.6) is 0 Å². The summed E-state index contributed by atoms with van der Waals surface area (Å²) < 4.78 is 0. The summed E-state index contributed by atoms with van der Waals surface area (Å²) in [5.74, 6) is -0.125. The number of carbonyl (C=O) groups excluding carboxylic acids is 2. The zero-order chi connectivity index (χ0) is 17.2. The predicted molar refractivity (Wildman–Crippen MR) is 91.6 cm³/mol. The highest BCUT2D eigenvalue weighted by molar-refractivity contribution is 5.94. The molecule has 7 heteroatoms. The molecule has 130 valence electrons. The Morgan fingerprint density at radius 3 is 2.76 bits per heavy atom. The second-order valence-electron chi connectivity index (χ2n) is 6.78. The first kappa shape index (κ1) is 15.8. The molecule has 7 nitrogen and oxygen atoms in total. The zero-order valence-electron chi connectivity index (χ0n) is 13.9. The maximum absolute atomic E-state index is 12.8. The molecule has 2 aromatic heterocycles. The van der Waals surface area contributed by atoms with Gasteiger partial charge in [0.25, 0.3) is 5.91 Å². The molecule has 1 saturated heterocycles. The van der Waals surface area contributed by atoms with Gasteiger partial charge < -0.3 is 10.2 Å². The molecule has 25 heavy (non-hydrogen) atoms. The van der Waals surface area contributed by atoms with Crippen molar-refractivity contribution in [1.29, 1.82) is 0 Å². The van der Waals surface area contributed by atoms with Gasteiger partial charge in [-0.2, -0.15) is 5.10 Å². The molecule has 1 atom stereocenters. The molecule has 0 spiro atoms. The summed E-state index contributed by atoms with van der Waals surface area (Å²) in [6.45, 7) is 1.15. The molecule has 2 N–H and O–H groups in total. The monoisotopic (exact) mass is 339 g/mol. The fourth-order valence-corrected chi connectivity index (χ4v) is 3.19. The smallest absolute Gasteiger partial charge is 0.271 e. The number of hydrogen-bond acceptors (Lipinski definition) is 4. The van der Waals surface area contributed by atoms with Crippen LogP contribution in [0.25, 0.3) is 11.3 Å². The number of aromatic nitrogens is 3. The van der Waals surface area contributed by atoms with Crippen LogP contribution in [-0.2, 0) is 4.79 Å². The van der Waals surface area contributed by atoms with Crippen molar-refractivity contribution in [3.8, 4) is 11.3 Å². The Kier molecular flexibility index (Phi) is 4.21. The summed E-state index contributed by atoms with van der Waals surface area (Å²) in [7, 11) is 0. The molecule has 0 bridgehead atoms. The second-order valence-corrected chi connectivity index (χ2v) is 6.78. The van der Waals surface area contributed by atoms with Crippen LogP contribution in [0.15, 0.2) is 30.6 Å². The van der Waals surface area contributed by atoms with E-state index in [4.69, 9.17) is 0 Å². The van der Waals surface area contributed by atoms with Crippen LogP contribution in [-0.4, -0.2) is 51.0 Å². The summed E-state index contributed by atoms with van der Waals surface area (Å²) >= 11 is 0. The third-order valence-electron chi connectivity index (χ3n) is 4.79. The molecular weight excluding hydrogens is 318 g/mol. The van der Waals surface area contributed by atoms with Crippen molar-refractivity contribution in [3.05, 3.63) is 36.3 Å². The first-order valence-corrected chi connectivity index (χ1v) is 8.76. The number of nitrogens with zero attached hydrogens (tertiary/aromatic N) is 3. The Balaban J connectivity index is 1.43. The van der Waals surface area contributed by atoms with E-state index in [2.05, 4.69) is 20.5 Å². The van der Waals surface area contributed by atoms with Crippen molar-refractivity contribution in [2.24, 2.45) is 5.92 Å². The molecule has 2 aromatic rings. The van der Waals surface area contributed by atoms with Crippen LogP contribution in [0.2, 0.25) is 0 Å². The first-order chi connectivity index (χ1) is 12.2. The molecule has 2 aliphatic rings. The van der Waals surface area contributed by atoms with Gasteiger partial charge in [0.15, 0.2) is 0 Å². The Labute approximate surface area is 145 Å². The SMILES string of the molecule is O=C(NC1CC1)[C@H]1CCCN(C(=O)c2cc(-c3ccncc3)n[nH]2)C1. The van der Waals surface area contributed by atoms with Gasteiger partial charge in [0, 0.05) is 37.1 Å². The highest BCUT2D eigenvalue weighted by Crippen LogP contribution is 2.23. The topological polar surface area (TPSA) is 91.0 Å². The molecular formula is C18H21N5O2. The lowest BCUT2D eigenvalue weighted by Crippen LogP contribution is -2.46. The van der Waals surface area contributed by atoms with Crippen molar-refractivity contribution < 1.29 is 9.59 Å². The third kappa shape index (κ3) is 3.55. The Morgan fingerprint density at radius 2 is 2.00 bits per heavy atom. The van der Waals surface area contributed by atoms with Gasteiger partial charge >= 0.3 is 0 Å². The van der Waals surface area contributed by atoms with Crippen molar-refractivity contribution >= 4 is 11.8 Å². The Bertz CT molecular complexity index is 769. The van der Waals surface area contributed by atoms with Crippen LogP contribution < -0.4 is 5.32 Å². The predicted octanol–water partition coefficient (Wildman–Crippen LogP) is 1.60. The quantitative estimate of drug-likeness (QED) is 0.885. The van der Waals surface area contributed by atoms with Crippen LogP contribution in [0.3, 0.4) is 0 Å². The van der Waals surface area contributed by atoms with Gasteiger partial charge in [0.05, 0.1) is 11.6 Å². The van der Waals surface area contributed by atoms with Crippen molar-refractivity contribution in [1.82, 2.24) is 25.4 Å². The van der Waals surface area contributed by atoms with Crippen molar-refractivity contribution in [2.45, 2.75) is 31.7 Å². The Hall–Kier alpha value is -2.70. The van der Waals surface area contributed by atoms with Gasteiger partial charge in [-0.3, -0.25) is 19.7 Å². The van der Waals surface area contributed by atoms with E-state index in [1.807, 2.05) is 12.1 Å². The lowest BCUT2D eigenvalue weighted by Gasteiger charge is -2.31. The zero-order valence-corrected chi connectivity index (χ0v) is 13.9. The van der Waals surface area contributed by atoms with Crippen LogP contribution in [0, 0.1) is 5.92 Å². The summed E-state index contributed by atoms with van der Waals surface area (Å²) in [4.78, 5) is 30.8. The average molecular weight is 339 g/mol. The molecule has 1 aliphatic carbocycles. The van der Waals surface area contributed by atoms with Gasteiger partial charge in [0.1, 0.15) is 5.69 Å². The number of H-pyrrole nitrogens is 1. The molecule has 0 aromatic carbocycles. The summed E-state index contributed by atoms with van der Waals surface area (Å²) in [6, 6.07) is 5.81. The minimum absolute atomic E-state index is 0.0853. The van der Waals surface area contributed by atoms with E-state index >= 15 is 0 Å². The van der Waals surface area contributed by atoms with Crippen molar-refractivity contribution in [3.63, 3.8) is 0 Å². The van der Waals surface area contributed by atoms with E-state index in [9.17, 15) is 9.59 Å². The molecule has 1 aliphatic heterocycles. The number of amides is 2. The summed E-state index contributed by atoms with van der Waals surface area (Å²) in [5, 5.41) is 10.1. The second kappa shape index (κ2) is 6.66. The van der Waals surface area contributed by atoms with Gasteiger partial charge in [-0.25, -0.2) is 0 Å². The fourth-order valence-electron chi connectivity index (χ4n) is 3.19. The first-order valence-electron chi connectivity index (χ1n) is 8.76. The standard InChI is InChI=1S/C18H21N5O2/c24-17(20-14-3-4-14)13-2-1-9-23(11-13)18(25)16-10-15(21-22-16)12-5-7-19-8-6-12/h5-8,10,13-14H,1-4,9,11H2,(H,20,24)(H,21,22)/t13-/m0/s1. The number of likely N-dealkylation sites (tertiary alicyclic amines) is 1. The van der Waals surface area contributed by atoms with E-state index in [-0.39, 0.29) is 17.7 Å². The van der Waals surface area contributed by atoms with Gasteiger partial charge in [-0.05, 0) is 43.9 Å². The van der Waals surface area contributed by atoms with E-state index in [0.717, 1.165) is 31.2 Å². The minimum atomic E-state index is -0.110. The number of carbonyl (C=O) groups is 2. The minimum Gasteiger partial charge on any atom is -0.353 e. The maximum atomic E-state index is 12.8. The highest BCUT2D eigenvalue weighted by Gasteiger charge is 2.32. The number of rotatable bonds is 4. The number of pyridine rings is 1. The molecule has 2 fully saturated rings. The van der Waals surface area contributed by atoms with E-state index < -0.39 is 0 Å². The number of nitrogens with one attached hydrogen (secondary N) is 2. The average Bonchev–Trinajstić information content (AvgIpc) is 3.34. The van der Waals surface area contributed by atoms with Gasteiger partial charge in [-0.1, -0.05) is 0 Å². The molecule has 1 saturated carbocycles. The fraction of sp³-hybridized carbons (Fsp3) is 0.444. The molecule has 4 rings (SSSR count). The lowest BCUT2D eigenvalue weighted by atomic mass is 9.96. The number of hydrogen-bond donors (Lipinski definition) is 2. The molecule has 3 heterocycles. The molecule has 0 unspecified atom stereocenters.